The molecule has 4 rings (SSSR count). The zero-order valence-corrected chi connectivity index (χ0v) is 20.2. The summed E-state index contributed by atoms with van der Waals surface area (Å²) >= 11 is 6.18. The summed E-state index contributed by atoms with van der Waals surface area (Å²) in [6.07, 6.45) is 2.90. The van der Waals surface area contributed by atoms with Crippen LogP contribution in [0.3, 0.4) is 0 Å². The normalized spacial score (nSPS) is 21.4. The van der Waals surface area contributed by atoms with Crippen molar-refractivity contribution < 1.29 is 19.4 Å². The van der Waals surface area contributed by atoms with Crippen molar-refractivity contribution in [3.8, 4) is 11.5 Å². The van der Waals surface area contributed by atoms with Crippen LogP contribution in [0.2, 0.25) is 5.02 Å². The number of rotatable bonds is 8. The maximum absolute atomic E-state index is 11.4. The molecule has 33 heavy (non-hydrogen) atoms. The van der Waals surface area contributed by atoms with Crippen molar-refractivity contribution in [2.24, 2.45) is 5.92 Å². The maximum Gasteiger partial charge on any atom is 0.303 e. The van der Waals surface area contributed by atoms with Gasteiger partial charge in [0, 0.05) is 43.7 Å². The molecule has 2 aliphatic rings. The Morgan fingerprint density at radius 2 is 1.88 bits per heavy atom. The second-order valence-corrected chi connectivity index (χ2v) is 9.55. The van der Waals surface area contributed by atoms with Crippen molar-refractivity contribution in [2.45, 2.75) is 44.8 Å². The smallest absolute Gasteiger partial charge is 0.303 e. The third-order valence-corrected chi connectivity index (χ3v) is 7.25. The zero-order chi connectivity index (χ0) is 23.4. The van der Waals surface area contributed by atoms with Gasteiger partial charge in [0.1, 0.15) is 0 Å². The zero-order valence-electron chi connectivity index (χ0n) is 19.4. The quantitative estimate of drug-likeness (QED) is 0.611. The molecule has 0 saturated carbocycles. The van der Waals surface area contributed by atoms with Gasteiger partial charge in [-0.25, -0.2) is 0 Å². The Bertz CT molecular complexity index is 983. The molecule has 2 aromatic rings. The van der Waals surface area contributed by atoms with Gasteiger partial charge in [-0.3, -0.25) is 14.6 Å². The molecular formula is C26H33ClN2O4. The number of fused-ring (bicyclic) bond motifs is 1. The summed E-state index contributed by atoms with van der Waals surface area (Å²) in [6.45, 7) is 4.58. The molecular weight excluding hydrogens is 440 g/mol. The van der Waals surface area contributed by atoms with Crippen molar-refractivity contribution in [1.82, 2.24) is 9.80 Å². The summed E-state index contributed by atoms with van der Waals surface area (Å²) in [5, 5.41) is 10.1. The van der Waals surface area contributed by atoms with E-state index in [-0.39, 0.29) is 6.42 Å². The molecule has 0 aromatic heterocycles. The van der Waals surface area contributed by atoms with Crippen molar-refractivity contribution in [3.05, 3.63) is 58.1 Å². The van der Waals surface area contributed by atoms with Gasteiger partial charge in [0.2, 0.25) is 0 Å². The first-order chi connectivity index (χ1) is 16.0. The van der Waals surface area contributed by atoms with Crippen LogP contribution in [0.5, 0.6) is 11.5 Å². The van der Waals surface area contributed by atoms with E-state index in [1.807, 2.05) is 18.2 Å². The van der Waals surface area contributed by atoms with Gasteiger partial charge in [-0.05, 0) is 72.7 Å². The average molecular weight is 473 g/mol. The number of methoxy groups -OCH3 is 2. The van der Waals surface area contributed by atoms with Crippen LogP contribution in [0.25, 0.3) is 0 Å². The summed E-state index contributed by atoms with van der Waals surface area (Å²) in [7, 11) is 3.34. The van der Waals surface area contributed by atoms with Crippen molar-refractivity contribution in [1.29, 1.82) is 0 Å². The van der Waals surface area contributed by atoms with Gasteiger partial charge in [-0.15, -0.1) is 0 Å². The van der Waals surface area contributed by atoms with E-state index in [1.165, 1.54) is 16.7 Å². The molecule has 1 N–H and O–H groups in total. The summed E-state index contributed by atoms with van der Waals surface area (Å²) in [5.41, 5.74) is 3.78. The fourth-order valence-corrected chi connectivity index (χ4v) is 5.61. The van der Waals surface area contributed by atoms with Crippen LogP contribution in [-0.4, -0.2) is 60.8 Å². The number of likely N-dealkylation sites (tertiary alicyclic amines) is 1. The van der Waals surface area contributed by atoms with Crippen LogP contribution in [0, 0.1) is 5.92 Å². The lowest BCUT2D eigenvalue weighted by atomic mass is 9.85. The molecule has 1 saturated heterocycles. The van der Waals surface area contributed by atoms with Crippen LogP contribution < -0.4 is 9.47 Å². The Morgan fingerprint density at radius 3 is 2.58 bits per heavy atom. The number of piperidine rings is 1. The van der Waals surface area contributed by atoms with E-state index in [1.54, 1.807) is 14.2 Å². The number of carbonyl (C=O) groups is 1. The van der Waals surface area contributed by atoms with Crippen LogP contribution in [-0.2, 0) is 24.3 Å². The number of carboxylic acid groups (broad SMARTS) is 1. The minimum Gasteiger partial charge on any atom is -0.493 e. The van der Waals surface area contributed by atoms with Gasteiger partial charge in [0.05, 0.1) is 14.2 Å². The topological polar surface area (TPSA) is 62.2 Å². The van der Waals surface area contributed by atoms with Gasteiger partial charge in [-0.1, -0.05) is 23.7 Å². The van der Waals surface area contributed by atoms with E-state index < -0.39 is 5.97 Å². The van der Waals surface area contributed by atoms with E-state index in [4.69, 9.17) is 21.1 Å². The molecule has 2 aromatic carbocycles. The van der Waals surface area contributed by atoms with Crippen molar-refractivity contribution in [3.63, 3.8) is 0 Å². The molecule has 0 bridgehead atoms. The number of ether oxygens (including phenoxy) is 2. The first-order valence-electron chi connectivity index (χ1n) is 11.6. The SMILES string of the molecule is COc1cc2c(cc1OC)CN([C@H]1CCN(Cc3cccc(Cl)c3)C[C@H]1CCC(=O)O)CC2. The molecule has 0 amide bonds. The van der Waals surface area contributed by atoms with Crippen LogP contribution in [0.15, 0.2) is 36.4 Å². The highest BCUT2D eigenvalue weighted by molar-refractivity contribution is 6.30. The van der Waals surface area contributed by atoms with Crippen LogP contribution in [0.1, 0.15) is 36.0 Å². The highest BCUT2D eigenvalue weighted by Gasteiger charge is 2.35. The minimum absolute atomic E-state index is 0.210. The number of halogens is 1. The second-order valence-electron chi connectivity index (χ2n) is 9.11. The lowest BCUT2D eigenvalue weighted by Crippen LogP contribution is -2.52. The highest BCUT2D eigenvalue weighted by atomic mass is 35.5. The monoisotopic (exact) mass is 472 g/mol. The van der Waals surface area contributed by atoms with Gasteiger partial charge < -0.3 is 14.6 Å². The van der Waals surface area contributed by atoms with E-state index in [0.29, 0.717) is 18.4 Å². The Balaban J connectivity index is 1.48. The Morgan fingerprint density at radius 1 is 1.12 bits per heavy atom. The Kier molecular flexibility index (Phi) is 7.78. The first-order valence-corrected chi connectivity index (χ1v) is 12.0. The number of hydrogen-bond acceptors (Lipinski definition) is 5. The maximum atomic E-state index is 11.4. The van der Waals surface area contributed by atoms with Crippen molar-refractivity contribution >= 4 is 17.6 Å². The fraction of sp³-hybridized carbons (Fsp3) is 0.500. The molecule has 2 aliphatic heterocycles. The Hall–Kier alpha value is -2.28. The standard InChI is InChI=1S/C26H33ClN2O4/c1-32-24-13-19-8-11-29(17-21(19)14-25(24)33-2)23-9-10-28(16-20(23)6-7-26(30)31)15-18-4-3-5-22(27)12-18/h3-5,12-14,20,23H,6-11,15-17H2,1-2H3,(H,30,31)/t20-,23+/m1/s1. The van der Waals surface area contributed by atoms with Crippen molar-refractivity contribution in [2.75, 3.05) is 33.9 Å². The average Bonchev–Trinajstić information content (AvgIpc) is 2.81. The Labute approximate surface area is 201 Å². The molecule has 2 atom stereocenters. The molecule has 0 unspecified atom stereocenters. The predicted octanol–water partition coefficient (Wildman–Crippen LogP) is 4.47. The summed E-state index contributed by atoms with van der Waals surface area (Å²) in [4.78, 5) is 16.4. The highest BCUT2D eigenvalue weighted by Crippen LogP contribution is 2.36. The van der Waals surface area contributed by atoms with Crippen LogP contribution >= 0.6 is 11.6 Å². The number of aliphatic carboxylic acids is 1. The number of hydrogen-bond donors (Lipinski definition) is 1. The lowest BCUT2D eigenvalue weighted by molar-refractivity contribution is -0.137. The van der Waals surface area contributed by atoms with Gasteiger partial charge in [-0.2, -0.15) is 0 Å². The molecule has 7 heteroatoms. The molecule has 0 spiro atoms. The first kappa shape index (κ1) is 23.9. The molecule has 2 heterocycles. The summed E-state index contributed by atoms with van der Waals surface area (Å²) in [6, 6.07) is 12.6. The molecule has 1 fully saturated rings. The summed E-state index contributed by atoms with van der Waals surface area (Å²) in [5.74, 6) is 1.13. The van der Waals surface area contributed by atoms with Gasteiger partial charge in [0.25, 0.3) is 0 Å². The van der Waals surface area contributed by atoms with E-state index in [2.05, 4.69) is 28.0 Å². The number of nitrogens with zero attached hydrogens (tertiary/aromatic N) is 2. The van der Waals surface area contributed by atoms with E-state index >= 15 is 0 Å². The lowest BCUT2D eigenvalue weighted by Gasteiger charge is -2.45. The van der Waals surface area contributed by atoms with E-state index in [0.717, 1.165) is 62.1 Å². The molecule has 178 valence electrons. The molecule has 0 aliphatic carbocycles. The van der Waals surface area contributed by atoms with Gasteiger partial charge in [0.15, 0.2) is 11.5 Å². The second kappa shape index (κ2) is 10.8. The third-order valence-electron chi connectivity index (χ3n) is 7.02. The minimum atomic E-state index is -0.721. The predicted molar refractivity (Wildman–Crippen MR) is 129 cm³/mol. The van der Waals surface area contributed by atoms with Crippen LogP contribution in [0.4, 0.5) is 0 Å². The molecule has 6 nitrogen and oxygen atoms in total. The number of carboxylic acids is 1. The molecule has 0 radical (unpaired) electrons. The third kappa shape index (κ3) is 5.81. The summed E-state index contributed by atoms with van der Waals surface area (Å²) < 4.78 is 11.0. The fourth-order valence-electron chi connectivity index (χ4n) is 5.39. The van der Waals surface area contributed by atoms with Gasteiger partial charge >= 0.3 is 5.97 Å². The largest absolute Gasteiger partial charge is 0.493 e. The number of benzene rings is 2. The van der Waals surface area contributed by atoms with E-state index in [9.17, 15) is 9.90 Å².